The summed E-state index contributed by atoms with van der Waals surface area (Å²) in [6, 6.07) is 4.78. The highest BCUT2D eigenvalue weighted by molar-refractivity contribution is 5.21. The van der Waals surface area contributed by atoms with Crippen molar-refractivity contribution in [2.75, 3.05) is 0 Å². The summed E-state index contributed by atoms with van der Waals surface area (Å²) in [5, 5.41) is 7.66. The van der Waals surface area contributed by atoms with Crippen LogP contribution in [0.25, 0.3) is 0 Å². The maximum absolute atomic E-state index is 5.74. The van der Waals surface area contributed by atoms with Gasteiger partial charge in [-0.3, -0.25) is 4.68 Å². The molecule has 17 heavy (non-hydrogen) atoms. The summed E-state index contributed by atoms with van der Waals surface area (Å²) in [6.45, 7) is 3.63. The van der Waals surface area contributed by atoms with Crippen LogP contribution in [-0.4, -0.2) is 15.8 Å². The first kappa shape index (κ1) is 10.6. The van der Waals surface area contributed by atoms with E-state index in [1.807, 2.05) is 23.9 Å². The Kier molecular flexibility index (Phi) is 2.73. The third-order valence-corrected chi connectivity index (χ3v) is 3.11. The van der Waals surface area contributed by atoms with E-state index in [0.717, 1.165) is 30.7 Å². The fourth-order valence-corrected chi connectivity index (χ4v) is 1.93. The van der Waals surface area contributed by atoms with Crippen molar-refractivity contribution < 1.29 is 4.42 Å². The highest BCUT2D eigenvalue weighted by Gasteiger charge is 2.20. The summed E-state index contributed by atoms with van der Waals surface area (Å²) in [7, 11) is 0. The quantitative estimate of drug-likeness (QED) is 0.856. The Balaban J connectivity index is 1.66. The number of aryl methyl sites for hydroxylation is 1. The molecule has 0 saturated heterocycles. The zero-order valence-corrected chi connectivity index (χ0v) is 10.0. The van der Waals surface area contributed by atoms with Gasteiger partial charge in [-0.25, -0.2) is 0 Å². The van der Waals surface area contributed by atoms with Gasteiger partial charge in [0.25, 0.3) is 0 Å². The molecule has 1 aliphatic carbocycles. The van der Waals surface area contributed by atoms with Crippen LogP contribution in [0.2, 0.25) is 0 Å². The highest BCUT2D eigenvalue weighted by Crippen LogP contribution is 2.21. The molecule has 0 aromatic carbocycles. The monoisotopic (exact) mass is 231 g/mol. The summed E-state index contributed by atoms with van der Waals surface area (Å²) in [4.78, 5) is 0. The summed E-state index contributed by atoms with van der Waals surface area (Å²) in [5.74, 6) is 2.02. The molecule has 1 saturated carbocycles. The van der Waals surface area contributed by atoms with Crippen LogP contribution in [0.3, 0.4) is 0 Å². The van der Waals surface area contributed by atoms with Gasteiger partial charge >= 0.3 is 0 Å². The van der Waals surface area contributed by atoms with Gasteiger partial charge in [0.1, 0.15) is 11.5 Å². The largest absolute Gasteiger partial charge is 0.465 e. The normalized spacial score (nSPS) is 15.4. The first-order valence-corrected chi connectivity index (χ1v) is 6.10. The van der Waals surface area contributed by atoms with Gasteiger partial charge in [0.15, 0.2) is 0 Å². The van der Waals surface area contributed by atoms with Crippen molar-refractivity contribution in [2.24, 2.45) is 0 Å². The third-order valence-electron chi connectivity index (χ3n) is 3.11. The van der Waals surface area contributed by atoms with Crippen LogP contribution in [0.5, 0.6) is 0 Å². The lowest BCUT2D eigenvalue weighted by atomic mass is 10.2. The van der Waals surface area contributed by atoms with Crippen LogP contribution in [0, 0.1) is 6.92 Å². The van der Waals surface area contributed by atoms with Gasteiger partial charge in [-0.05, 0) is 31.9 Å². The topological polar surface area (TPSA) is 43.0 Å². The molecule has 0 bridgehead atoms. The maximum atomic E-state index is 5.74. The predicted octanol–water partition coefficient (Wildman–Crippen LogP) is 2.08. The molecule has 2 aromatic rings. The minimum absolute atomic E-state index is 0.718. The van der Waals surface area contributed by atoms with E-state index in [1.54, 1.807) is 6.20 Å². The van der Waals surface area contributed by atoms with Crippen molar-refractivity contribution >= 4 is 0 Å². The van der Waals surface area contributed by atoms with Gasteiger partial charge in [0.05, 0.1) is 13.1 Å². The van der Waals surface area contributed by atoms with Gasteiger partial charge in [0.2, 0.25) is 0 Å². The summed E-state index contributed by atoms with van der Waals surface area (Å²) in [5.41, 5.74) is 1.21. The summed E-state index contributed by atoms with van der Waals surface area (Å²) < 4.78 is 7.65. The van der Waals surface area contributed by atoms with Crippen LogP contribution in [0.15, 0.2) is 28.9 Å². The van der Waals surface area contributed by atoms with Crippen LogP contribution in [0.1, 0.15) is 29.9 Å². The Morgan fingerprint density at radius 2 is 2.41 bits per heavy atom. The molecule has 0 radical (unpaired) electrons. The van der Waals surface area contributed by atoms with Crippen molar-refractivity contribution in [3.8, 4) is 0 Å². The fraction of sp³-hybridized carbons (Fsp3) is 0.462. The first-order valence-electron chi connectivity index (χ1n) is 6.10. The van der Waals surface area contributed by atoms with Gasteiger partial charge in [0, 0.05) is 24.0 Å². The molecule has 1 N–H and O–H groups in total. The Hall–Kier alpha value is -1.55. The highest BCUT2D eigenvalue weighted by atomic mass is 16.3. The fourth-order valence-electron chi connectivity index (χ4n) is 1.93. The molecule has 90 valence electrons. The molecule has 4 nitrogen and oxygen atoms in total. The van der Waals surface area contributed by atoms with Crippen LogP contribution in [-0.2, 0) is 13.1 Å². The maximum Gasteiger partial charge on any atom is 0.118 e. The van der Waals surface area contributed by atoms with E-state index in [4.69, 9.17) is 4.42 Å². The minimum Gasteiger partial charge on any atom is -0.465 e. The first-order chi connectivity index (χ1) is 8.31. The van der Waals surface area contributed by atoms with Gasteiger partial charge < -0.3 is 9.73 Å². The summed E-state index contributed by atoms with van der Waals surface area (Å²) >= 11 is 0. The molecule has 1 aliphatic rings. The molecule has 2 heterocycles. The molecular formula is C13H17N3O. The lowest BCUT2D eigenvalue weighted by Crippen LogP contribution is -2.14. The van der Waals surface area contributed by atoms with E-state index < -0.39 is 0 Å². The van der Waals surface area contributed by atoms with Gasteiger partial charge in [-0.2, -0.15) is 5.10 Å². The number of aromatic nitrogens is 2. The average Bonchev–Trinajstić information content (AvgIpc) is 2.89. The zero-order chi connectivity index (χ0) is 11.7. The molecule has 2 aromatic heterocycles. The smallest absolute Gasteiger partial charge is 0.118 e. The standard InChI is InChI=1S/C13H17N3O/c1-10-11(9-16-6-2-5-15-16)7-13(17-10)8-14-12-3-4-12/h2,5-7,12,14H,3-4,8-9H2,1H3. The van der Waals surface area contributed by atoms with E-state index in [-0.39, 0.29) is 0 Å². The molecule has 4 heteroatoms. The van der Waals surface area contributed by atoms with Crippen LogP contribution >= 0.6 is 0 Å². The van der Waals surface area contributed by atoms with Crippen molar-refractivity contribution in [1.29, 1.82) is 0 Å². The number of nitrogens with one attached hydrogen (secondary N) is 1. The van der Waals surface area contributed by atoms with E-state index in [9.17, 15) is 0 Å². The average molecular weight is 231 g/mol. The Morgan fingerprint density at radius 3 is 3.12 bits per heavy atom. The SMILES string of the molecule is Cc1oc(CNC2CC2)cc1Cn1cccn1. The number of hydrogen-bond donors (Lipinski definition) is 1. The number of hydrogen-bond acceptors (Lipinski definition) is 3. The second-order valence-corrected chi connectivity index (χ2v) is 4.65. The molecule has 1 fully saturated rings. The van der Waals surface area contributed by atoms with Crippen LogP contribution in [0.4, 0.5) is 0 Å². The van der Waals surface area contributed by atoms with Gasteiger partial charge in [-0.1, -0.05) is 0 Å². The number of furan rings is 1. The molecule has 3 rings (SSSR count). The lowest BCUT2D eigenvalue weighted by Gasteiger charge is -1.98. The van der Waals surface area contributed by atoms with Crippen molar-refractivity contribution in [3.05, 3.63) is 41.6 Å². The van der Waals surface area contributed by atoms with E-state index in [1.165, 1.54) is 18.4 Å². The number of rotatable bonds is 5. The Labute approximate surface area is 101 Å². The van der Waals surface area contributed by atoms with Crippen molar-refractivity contribution in [1.82, 2.24) is 15.1 Å². The second kappa shape index (κ2) is 4.37. The second-order valence-electron chi connectivity index (χ2n) is 4.65. The Morgan fingerprint density at radius 1 is 1.53 bits per heavy atom. The van der Waals surface area contributed by atoms with Crippen LogP contribution < -0.4 is 5.32 Å². The third kappa shape index (κ3) is 2.58. The molecule has 0 atom stereocenters. The molecular weight excluding hydrogens is 214 g/mol. The van der Waals surface area contributed by atoms with Gasteiger partial charge in [-0.15, -0.1) is 0 Å². The Bertz CT molecular complexity index is 483. The number of nitrogens with zero attached hydrogens (tertiary/aromatic N) is 2. The summed E-state index contributed by atoms with van der Waals surface area (Å²) in [6.07, 6.45) is 6.37. The molecule has 0 spiro atoms. The van der Waals surface area contributed by atoms with E-state index in [0.29, 0.717) is 0 Å². The molecule has 0 unspecified atom stereocenters. The zero-order valence-electron chi connectivity index (χ0n) is 10.0. The van der Waals surface area contributed by atoms with E-state index >= 15 is 0 Å². The van der Waals surface area contributed by atoms with Crippen molar-refractivity contribution in [3.63, 3.8) is 0 Å². The van der Waals surface area contributed by atoms with Crippen molar-refractivity contribution in [2.45, 2.75) is 38.9 Å². The van der Waals surface area contributed by atoms with E-state index in [2.05, 4.69) is 16.5 Å². The predicted molar refractivity (Wildman–Crippen MR) is 64.6 cm³/mol. The molecule has 0 aliphatic heterocycles. The lowest BCUT2D eigenvalue weighted by molar-refractivity contribution is 0.458. The minimum atomic E-state index is 0.718. The molecule has 0 amide bonds.